The lowest BCUT2D eigenvalue weighted by Crippen LogP contribution is -2.56. The number of hydrogen-bond acceptors (Lipinski definition) is 2. The molecule has 1 aromatic rings. The maximum absolute atomic E-state index is 12.5. The van der Waals surface area contributed by atoms with Crippen molar-refractivity contribution in [3.8, 4) is 0 Å². The van der Waals surface area contributed by atoms with Gasteiger partial charge >= 0.3 is 6.18 Å². The Morgan fingerprint density at radius 2 is 1.96 bits per heavy atom. The van der Waals surface area contributed by atoms with Gasteiger partial charge < -0.3 is 5.32 Å². The summed E-state index contributed by atoms with van der Waals surface area (Å²) < 4.78 is 37.6. The van der Waals surface area contributed by atoms with E-state index < -0.39 is 11.7 Å². The van der Waals surface area contributed by atoms with Crippen molar-refractivity contribution in [3.05, 3.63) is 35.4 Å². The van der Waals surface area contributed by atoms with Gasteiger partial charge in [-0.25, -0.2) is 0 Å². The summed E-state index contributed by atoms with van der Waals surface area (Å²) >= 11 is 0. The largest absolute Gasteiger partial charge is 0.416 e. The van der Waals surface area contributed by atoms with E-state index >= 15 is 0 Å². The molecule has 0 aromatic heterocycles. The molecule has 4 atom stereocenters. The van der Waals surface area contributed by atoms with E-state index in [1.165, 1.54) is 32.4 Å². The highest BCUT2D eigenvalue weighted by atomic mass is 19.4. The highest BCUT2D eigenvalue weighted by molar-refractivity contribution is 5.24. The van der Waals surface area contributed by atoms with Crippen molar-refractivity contribution in [1.29, 1.82) is 0 Å². The molecule has 23 heavy (non-hydrogen) atoms. The first-order valence-electron chi connectivity index (χ1n) is 8.58. The Labute approximate surface area is 136 Å². The Hall–Kier alpha value is -1.07. The Balaban J connectivity index is 1.47. The van der Waals surface area contributed by atoms with Crippen molar-refractivity contribution >= 4 is 0 Å². The summed E-state index contributed by atoms with van der Waals surface area (Å²) in [6.45, 7) is 6.25. The molecule has 3 saturated heterocycles. The molecular formula is C18H25F3N2. The van der Waals surface area contributed by atoms with Crippen LogP contribution in [0.5, 0.6) is 0 Å². The molecule has 3 aliphatic heterocycles. The molecule has 1 unspecified atom stereocenters. The fraction of sp³-hybridized carbons (Fsp3) is 0.667. The van der Waals surface area contributed by atoms with Crippen molar-refractivity contribution < 1.29 is 13.2 Å². The Morgan fingerprint density at radius 3 is 2.52 bits per heavy atom. The molecule has 1 aromatic carbocycles. The van der Waals surface area contributed by atoms with Crippen LogP contribution in [0.4, 0.5) is 13.2 Å². The van der Waals surface area contributed by atoms with Gasteiger partial charge in [-0.1, -0.05) is 25.5 Å². The Morgan fingerprint density at radius 1 is 1.22 bits per heavy atom. The molecule has 4 rings (SSSR count). The third kappa shape index (κ3) is 3.89. The van der Waals surface area contributed by atoms with Crippen LogP contribution in [0.1, 0.15) is 37.3 Å². The summed E-state index contributed by atoms with van der Waals surface area (Å²) in [5.74, 6) is 1.72. The van der Waals surface area contributed by atoms with Gasteiger partial charge in [0.2, 0.25) is 0 Å². The van der Waals surface area contributed by atoms with Crippen LogP contribution in [-0.2, 0) is 12.7 Å². The normalized spacial score (nSPS) is 30.6. The fourth-order valence-corrected chi connectivity index (χ4v) is 4.12. The summed E-state index contributed by atoms with van der Waals surface area (Å²) in [5, 5.41) is 3.42. The number of benzene rings is 1. The lowest BCUT2D eigenvalue weighted by molar-refractivity contribution is -0.137. The van der Waals surface area contributed by atoms with E-state index in [1.54, 1.807) is 12.1 Å². The molecule has 3 heterocycles. The number of alkyl halides is 3. The van der Waals surface area contributed by atoms with E-state index in [4.69, 9.17) is 0 Å². The minimum atomic E-state index is -4.25. The van der Waals surface area contributed by atoms with Gasteiger partial charge in [0.05, 0.1) is 5.56 Å². The first kappa shape index (κ1) is 16.8. The van der Waals surface area contributed by atoms with Crippen molar-refractivity contribution in [2.45, 2.75) is 44.9 Å². The zero-order chi connectivity index (χ0) is 16.4. The van der Waals surface area contributed by atoms with Crippen molar-refractivity contribution in [3.63, 3.8) is 0 Å². The van der Waals surface area contributed by atoms with E-state index in [2.05, 4.69) is 17.1 Å². The Bertz CT molecular complexity index is 512. The lowest BCUT2D eigenvalue weighted by Gasteiger charge is -2.50. The predicted molar refractivity (Wildman–Crippen MR) is 85.0 cm³/mol. The minimum absolute atomic E-state index is 0.581. The zero-order valence-electron chi connectivity index (χ0n) is 13.6. The van der Waals surface area contributed by atoms with Gasteiger partial charge in [0, 0.05) is 25.7 Å². The van der Waals surface area contributed by atoms with E-state index in [0.717, 1.165) is 36.1 Å². The summed E-state index contributed by atoms with van der Waals surface area (Å²) in [4.78, 5) is 2.59. The van der Waals surface area contributed by atoms with Crippen molar-refractivity contribution in [2.24, 2.45) is 11.8 Å². The minimum Gasteiger partial charge on any atom is -0.311 e. The van der Waals surface area contributed by atoms with Crippen LogP contribution in [-0.4, -0.2) is 30.6 Å². The maximum atomic E-state index is 12.5. The van der Waals surface area contributed by atoms with E-state index in [1.807, 2.05) is 0 Å². The number of rotatable bonds is 5. The topological polar surface area (TPSA) is 15.3 Å². The number of piperidine rings is 3. The average molecular weight is 326 g/mol. The van der Waals surface area contributed by atoms with E-state index in [0.29, 0.717) is 12.6 Å². The molecule has 1 N–H and O–H groups in total. The summed E-state index contributed by atoms with van der Waals surface area (Å²) in [7, 11) is 0. The van der Waals surface area contributed by atoms with Crippen LogP contribution in [0.25, 0.3) is 0 Å². The molecule has 128 valence electrons. The van der Waals surface area contributed by atoms with Gasteiger partial charge in [-0.05, 0) is 48.9 Å². The number of hydrogen-bond donors (Lipinski definition) is 1. The quantitative estimate of drug-likeness (QED) is 0.882. The summed E-state index contributed by atoms with van der Waals surface area (Å²) in [6.07, 6.45) is -0.393. The third-order valence-electron chi connectivity index (χ3n) is 5.53. The maximum Gasteiger partial charge on any atom is 0.416 e. The molecule has 0 aliphatic carbocycles. The van der Waals surface area contributed by atoms with E-state index in [-0.39, 0.29) is 0 Å². The van der Waals surface area contributed by atoms with Gasteiger partial charge in [0.1, 0.15) is 0 Å². The molecule has 0 spiro atoms. The monoisotopic (exact) mass is 326 g/mol. The smallest absolute Gasteiger partial charge is 0.311 e. The molecule has 5 heteroatoms. The second-order valence-corrected chi connectivity index (χ2v) is 6.93. The van der Waals surface area contributed by atoms with Crippen LogP contribution in [0, 0.1) is 11.8 Å². The van der Waals surface area contributed by atoms with Crippen LogP contribution in [0.3, 0.4) is 0 Å². The Kier molecular flexibility index (Phi) is 4.97. The lowest BCUT2D eigenvalue weighted by atomic mass is 9.74. The fourth-order valence-electron chi connectivity index (χ4n) is 4.12. The first-order chi connectivity index (χ1) is 11.0. The van der Waals surface area contributed by atoms with Gasteiger partial charge in [0.15, 0.2) is 0 Å². The van der Waals surface area contributed by atoms with Gasteiger partial charge in [-0.2, -0.15) is 13.2 Å². The second kappa shape index (κ2) is 6.81. The molecule has 3 fully saturated rings. The molecule has 2 bridgehead atoms. The highest BCUT2D eigenvalue weighted by Gasteiger charge is 2.38. The van der Waals surface area contributed by atoms with Crippen LogP contribution >= 0.6 is 0 Å². The summed E-state index contributed by atoms with van der Waals surface area (Å²) in [5.41, 5.74) is 0.322. The number of nitrogens with one attached hydrogen (secondary N) is 1. The molecule has 0 amide bonds. The average Bonchev–Trinajstić information content (AvgIpc) is 2.55. The number of halogens is 3. The zero-order valence-corrected chi connectivity index (χ0v) is 13.6. The van der Waals surface area contributed by atoms with Crippen molar-refractivity contribution in [1.82, 2.24) is 10.2 Å². The van der Waals surface area contributed by atoms with Crippen LogP contribution in [0.2, 0.25) is 0 Å². The molecule has 3 aliphatic rings. The number of fused-ring (bicyclic) bond motifs is 3. The predicted octanol–water partition coefficient (Wildman–Crippen LogP) is 3.92. The number of nitrogens with zero attached hydrogens (tertiary/aromatic N) is 1. The summed E-state index contributed by atoms with van der Waals surface area (Å²) in [6, 6.07) is 6.04. The van der Waals surface area contributed by atoms with Crippen LogP contribution in [0.15, 0.2) is 24.3 Å². The molecule has 0 saturated carbocycles. The molecule has 0 radical (unpaired) electrons. The van der Waals surface area contributed by atoms with Gasteiger partial charge in [-0.15, -0.1) is 0 Å². The third-order valence-corrected chi connectivity index (χ3v) is 5.53. The standard InChI is InChI=1S/C18H25F3N2/c1-2-14-12-23-8-7-15(14)9-17(23)11-22-10-13-3-5-16(6-4-13)18(19,20)21/h3-6,14-15,17,22H,2,7-12H2,1H3/t14-,15+,17-/m1/s1. The first-order valence-corrected chi connectivity index (χ1v) is 8.58. The van der Waals surface area contributed by atoms with Crippen LogP contribution < -0.4 is 5.32 Å². The highest BCUT2D eigenvalue weighted by Crippen LogP contribution is 2.37. The van der Waals surface area contributed by atoms with Gasteiger partial charge in [-0.3, -0.25) is 4.90 Å². The molecule has 2 nitrogen and oxygen atoms in total. The SMILES string of the molecule is CC[C@@H]1CN2CC[C@H]1C[C@@H]2CNCc1ccc(C(F)(F)F)cc1. The van der Waals surface area contributed by atoms with Crippen molar-refractivity contribution in [2.75, 3.05) is 19.6 Å². The van der Waals surface area contributed by atoms with E-state index in [9.17, 15) is 13.2 Å². The van der Waals surface area contributed by atoms with Gasteiger partial charge in [0.25, 0.3) is 0 Å². The molecular weight excluding hydrogens is 301 g/mol. The second-order valence-electron chi connectivity index (χ2n) is 6.93.